The Labute approximate surface area is 183 Å². The lowest BCUT2D eigenvalue weighted by Gasteiger charge is -2.30. The van der Waals surface area contributed by atoms with Crippen LogP contribution in [0.2, 0.25) is 0 Å². The second-order valence-electron chi connectivity index (χ2n) is 6.98. The van der Waals surface area contributed by atoms with Gasteiger partial charge in [0.05, 0.1) is 6.20 Å². The molecule has 4 rings (SSSR count). The first-order valence-corrected chi connectivity index (χ1v) is 9.31. The van der Waals surface area contributed by atoms with Crippen LogP contribution in [-0.2, 0) is 17.6 Å². The standard InChI is InChI=1S/C22H23N3O2.2ClH/c1-15-7-9-16(10-8-15)20-14-24-21(27-20)11-12-22(26)25-13-3-4-17-18(23)5-2-6-19(17)25;;/h2,5-10,14H,3-4,11-13,23H2,1H3;2*1H. The van der Waals surface area contributed by atoms with Crippen molar-refractivity contribution < 1.29 is 9.21 Å². The SMILES string of the molecule is Cc1ccc(-c2cnc(CCC(=O)N3CCCc4c(N)cccc43)o2)cc1.Cl.Cl. The number of carbonyl (C=O) groups is 1. The molecule has 0 fully saturated rings. The highest BCUT2D eigenvalue weighted by atomic mass is 35.5. The maximum Gasteiger partial charge on any atom is 0.227 e. The number of anilines is 2. The molecule has 0 aliphatic carbocycles. The summed E-state index contributed by atoms with van der Waals surface area (Å²) in [5.74, 6) is 1.40. The predicted octanol–water partition coefficient (Wildman–Crippen LogP) is 4.99. The first kappa shape index (κ1) is 22.8. The highest BCUT2D eigenvalue weighted by molar-refractivity contribution is 5.95. The Morgan fingerprint density at radius 2 is 1.93 bits per heavy atom. The minimum absolute atomic E-state index is 0. The molecule has 0 saturated heterocycles. The van der Waals surface area contributed by atoms with E-state index < -0.39 is 0 Å². The molecule has 0 atom stereocenters. The van der Waals surface area contributed by atoms with Crippen molar-refractivity contribution in [1.82, 2.24) is 4.98 Å². The van der Waals surface area contributed by atoms with Gasteiger partial charge in [0.1, 0.15) is 0 Å². The van der Waals surface area contributed by atoms with E-state index in [2.05, 4.69) is 4.98 Å². The van der Waals surface area contributed by atoms with Crippen LogP contribution in [-0.4, -0.2) is 17.4 Å². The number of aromatic nitrogens is 1. The van der Waals surface area contributed by atoms with Gasteiger partial charge in [-0.25, -0.2) is 4.98 Å². The molecule has 7 heteroatoms. The fourth-order valence-corrected chi connectivity index (χ4v) is 3.54. The number of carbonyl (C=O) groups excluding carboxylic acids is 1. The Balaban J connectivity index is 0.00000150. The molecule has 0 spiro atoms. The minimum atomic E-state index is 0. The normalized spacial score (nSPS) is 12.5. The quantitative estimate of drug-likeness (QED) is 0.588. The van der Waals surface area contributed by atoms with Gasteiger partial charge in [-0.3, -0.25) is 4.79 Å². The molecule has 5 nitrogen and oxygen atoms in total. The number of hydrogen-bond donors (Lipinski definition) is 1. The fourth-order valence-electron chi connectivity index (χ4n) is 3.54. The number of aryl methyl sites for hydroxylation is 2. The Morgan fingerprint density at radius 1 is 1.17 bits per heavy atom. The molecule has 2 aromatic carbocycles. The highest BCUT2D eigenvalue weighted by Gasteiger charge is 2.23. The molecule has 0 saturated carbocycles. The number of nitrogen functional groups attached to an aromatic ring is 1. The van der Waals surface area contributed by atoms with Gasteiger partial charge in [-0.2, -0.15) is 0 Å². The van der Waals surface area contributed by atoms with Crippen LogP contribution < -0.4 is 10.6 Å². The molecule has 2 N–H and O–H groups in total. The molecule has 29 heavy (non-hydrogen) atoms. The molecular formula is C22H25Cl2N3O2. The summed E-state index contributed by atoms with van der Waals surface area (Å²) in [6.45, 7) is 2.78. The van der Waals surface area contributed by atoms with Crippen molar-refractivity contribution in [2.45, 2.75) is 32.6 Å². The zero-order chi connectivity index (χ0) is 18.8. The Morgan fingerprint density at radius 3 is 2.69 bits per heavy atom. The summed E-state index contributed by atoms with van der Waals surface area (Å²) in [6, 6.07) is 13.9. The van der Waals surface area contributed by atoms with E-state index in [1.807, 2.05) is 54.3 Å². The van der Waals surface area contributed by atoms with Crippen LogP contribution >= 0.6 is 24.8 Å². The van der Waals surface area contributed by atoms with E-state index in [4.69, 9.17) is 10.2 Å². The summed E-state index contributed by atoms with van der Waals surface area (Å²) in [4.78, 5) is 19.0. The van der Waals surface area contributed by atoms with Gasteiger partial charge in [0.2, 0.25) is 5.91 Å². The summed E-state index contributed by atoms with van der Waals surface area (Å²) in [5, 5.41) is 0. The maximum absolute atomic E-state index is 12.8. The first-order chi connectivity index (χ1) is 13.1. The van der Waals surface area contributed by atoms with E-state index in [0.29, 0.717) is 18.7 Å². The molecule has 0 unspecified atom stereocenters. The third-order valence-electron chi connectivity index (χ3n) is 5.03. The number of benzene rings is 2. The lowest BCUT2D eigenvalue weighted by atomic mass is 9.99. The van der Waals surface area contributed by atoms with Crippen molar-refractivity contribution in [2.75, 3.05) is 17.2 Å². The number of halogens is 2. The van der Waals surface area contributed by atoms with Crippen molar-refractivity contribution in [3.63, 3.8) is 0 Å². The van der Waals surface area contributed by atoms with Crippen LogP contribution in [0.1, 0.15) is 29.9 Å². The van der Waals surface area contributed by atoms with Gasteiger partial charge in [0.15, 0.2) is 11.7 Å². The molecular weight excluding hydrogens is 409 g/mol. The summed E-state index contributed by atoms with van der Waals surface area (Å²) >= 11 is 0. The second kappa shape index (κ2) is 9.81. The maximum atomic E-state index is 12.8. The number of hydrogen-bond acceptors (Lipinski definition) is 4. The van der Waals surface area contributed by atoms with E-state index in [-0.39, 0.29) is 30.7 Å². The molecule has 2 heterocycles. The fraction of sp³-hybridized carbons (Fsp3) is 0.273. The number of rotatable bonds is 4. The molecule has 1 aliphatic rings. The number of nitrogens with two attached hydrogens (primary N) is 1. The number of nitrogens with zero attached hydrogens (tertiary/aromatic N) is 2. The molecule has 0 bridgehead atoms. The van der Waals surface area contributed by atoms with Crippen LogP contribution in [0.4, 0.5) is 11.4 Å². The summed E-state index contributed by atoms with van der Waals surface area (Å²) < 4.78 is 5.83. The molecule has 1 amide bonds. The minimum Gasteiger partial charge on any atom is -0.441 e. The average Bonchev–Trinajstić information content (AvgIpc) is 3.16. The van der Waals surface area contributed by atoms with Crippen LogP contribution in [0, 0.1) is 6.92 Å². The third kappa shape index (κ3) is 4.92. The van der Waals surface area contributed by atoms with Crippen LogP contribution in [0.3, 0.4) is 0 Å². The van der Waals surface area contributed by atoms with Gasteiger partial charge >= 0.3 is 0 Å². The van der Waals surface area contributed by atoms with Gasteiger partial charge in [0.25, 0.3) is 0 Å². The molecule has 3 aromatic rings. The monoisotopic (exact) mass is 433 g/mol. The van der Waals surface area contributed by atoms with Crippen molar-refractivity contribution in [3.8, 4) is 11.3 Å². The second-order valence-corrected chi connectivity index (χ2v) is 6.98. The van der Waals surface area contributed by atoms with Crippen LogP contribution in [0.5, 0.6) is 0 Å². The number of amides is 1. The van der Waals surface area contributed by atoms with Crippen molar-refractivity contribution in [2.24, 2.45) is 0 Å². The highest BCUT2D eigenvalue weighted by Crippen LogP contribution is 2.31. The number of fused-ring (bicyclic) bond motifs is 1. The van der Waals surface area contributed by atoms with E-state index in [1.54, 1.807) is 6.20 Å². The predicted molar refractivity (Wildman–Crippen MR) is 121 cm³/mol. The average molecular weight is 434 g/mol. The van der Waals surface area contributed by atoms with Gasteiger partial charge < -0.3 is 15.1 Å². The third-order valence-corrected chi connectivity index (χ3v) is 5.03. The Kier molecular flexibility index (Phi) is 7.71. The van der Waals surface area contributed by atoms with Crippen LogP contribution in [0.25, 0.3) is 11.3 Å². The molecule has 154 valence electrons. The lowest BCUT2D eigenvalue weighted by molar-refractivity contribution is -0.118. The molecule has 1 aliphatic heterocycles. The molecule has 0 radical (unpaired) electrons. The van der Waals surface area contributed by atoms with E-state index in [1.165, 1.54) is 5.56 Å². The Bertz CT molecular complexity index is 970. The van der Waals surface area contributed by atoms with Crippen molar-refractivity contribution in [1.29, 1.82) is 0 Å². The van der Waals surface area contributed by atoms with Crippen molar-refractivity contribution >= 4 is 42.1 Å². The lowest BCUT2D eigenvalue weighted by Crippen LogP contribution is -2.35. The van der Waals surface area contributed by atoms with E-state index >= 15 is 0 Å². The summed E-state index contributed by atoms with van der Waals surface area (Å²) in [7, 11) is 0. The van der Waals surface area contributed by atoms with Gasteiger partial charge in [0, 0.05) is 36.3 Å². The Hall–Kier alpha value is -2.50. The summed E-state index contributed by atoms with van der Waals surface area (Å²) in [6.07, 6.45) is 4.43. The smallest absolute Gasteiger partial charge is 0.227 e. The van der Waals surface area contributed by atoms with Gasteiger partial charge in [-0.1, -0.05) is 35.9 Å². The van der Waals surface area contributed by atoms with E-state index in [0.717, 1.165) is 47.6 Å². The summed E-state index contributed by atoms with van der Waals surface area (Å²) in [5.41, 5.74) is 11.1. The first-order valence-electron chi connectivity index (χ1n) is 9.31. The number of oxazole rings is 1. The largest absolute Gasteiger partial charge is 0.441 e. The molecule has 1 aromatic heterocycles. The van der Waals surface area contributed by atoms with Crippen LogP contribution in [0.15, 0.2) is 53.1 Å². The topological polar surface area (TPSA) is 72.4 Å². The van der Waals surface area contributed by atoms with Gasteiger partial charge in [-0.05, 0) is 37.5 Å². The van der Waals surface area contributed by atoms with E-state index in [9.17, 15) is 4.79 Å². The van der Waals surface area contributed by atoms with Gasteiger partial charge in [-0.15, -0.1) is 24.8 Å². The zero-order valence-electron chi connectivity index (χ0n) is 16.3. The van der Waals surface area contributed by atoms with Crippen molar-refractivity contribution in [3.05, 3.63) is 65.7 Å². The zero-order valence-corrected chi connectivity index (χ0v) is 17.9.